The molecule has 5 nitrogen and oxygen atoms in total. The molecule has 1 heterocycles. The van der Waals surface area contributed by atoms with Crippen molar-refractivity contribution in [3.63, 3.8) is 0 Å². The second-order valence-corrected chi connectivity index (χ2v) is 4.47. The average molecular weight is 251 g/mol. The molecule has 1 aliphatic rings. The first-order valence-electron chi connectivity index (χ1n) is 5.96. The Balaban J connectivity index is 2.17. The van der Waals surface area contributed by atoms with Crippen molar-refractivity contribution in [2.45, 2.75) is 26.3 Å². The van der Waals surface area contributed by atoms with E-state index in [0.717, 1.165) is 11.4 Å². The molecular formula is C13H17NO4. The second kappa shape index (κ2) is 5.16. The van der Waals surface area contributed by atoms with Crippen LogP contribution in [0.5, 0.6) is 11.5 Å². The molecule has 0 aliphatic carbocycles. The first-order chi connectivity index (χ1) is 8.58. The standard InChI is InChI=1S/C13H17NO4/c1-9(2)14(6-5-13(15)16)10-3-4-11-12(7-10)18-8-17-11/h3-4,7,9H,5-6,8H2,1-2H3,(H,15,16). The molecule has 0 bridgehead atoms. The third kappa shape index (κ3) is 2.67. The number of anilines is 1. The molecule has 1 aromatic carbocycles. The van der Waals surface area contributed by atoms with Crippen molar-refractivity contribution >= 4 is 11.7 Å². The van der Waals surface area contributed by atoms with Gasteiger partial charge in [0.05, 0.1) is 6.42 Å². The lowest BCUT2D eigenvalue weighted by atomic mass is 10.2. The molecule has 0 spiro atoms. The Labute approximate surface area is 106 Å². The third-order valence-corrected chi connectivity index (χ3v) is 2.88. The monoisotopic (exact) mass is 251 g/mol. The molecule has 2 rings (SSSR count). The van der Waals surface area contributed by atoms with E-state index >= 15 is 0 Å². The van der Waals surface area contributed by atoms with Gasteiger partial charge in [-0.25, -0.2) is 0 Å². The van der Waals surface area contributed by atoms with Crippen molar-refractivity contribution in [1.82, 2.24) is 0 Å². The van der Waals surface area contributed by atoms with Crippen LogP contribution in [0.4, 0.5) is 5.69 Å². The van der Waals surface area contributed by atoms with E-state index in [2.05, 4.69) is 0 Å². The molecule has 98 valence electrons. The Kier molecular flexibility index (Phi) is 3.60. The third-order valence-electron chi connectivity index (χ3n) is 2.88. The molecule has 0 radical (unpaired) electrons. The molecule has 0 atom stereocenters. The normalized spacial score (nSPS) is 12.8. The van der Waals surface area contributed by atoms with Crippen LogP contribution in [0.1, 0.15) is 20.3 Å². The SMILES string of the molecule is CC(C)N(CCC(=O)O)c1ccc2c(c1)OCO2. The predicted molar refractivity (Wildman–Crippen MR) is 67.3 cm³/mol. The van der Waals surface area contributed by atoms with Gasteiger partial charge < -0.3 is 19.5 Å². The number of nitrogens with zero attached hydrogens (tertiary/aromatic N) is 1. The summed E-state index contributed by atoms with van der Waals surface area (Å²) in [5.41, 5.74) is 0.954. The van der Waals surface area contributed by atoms with Gasteiger partial charge >= 0.3 is 5.97 Å². The van der Waals surface area contributed by atoms with Crippen LogP contribution in [0.3, 0.4) is 0 Å². The quantitative estimate of drug-likeness (QED) is 0.868. The first-order valence-corrected chi connectivity index (χ1v) is 5.96. The Morgan fingerprint density at radius 1 is 1.39 bits per heavy atom. The fraction of sp³-hybridized carbons (Fsp3) is 0.462. The Bertz CT molecular complexity index is 445. The largest absolute Gasteiger partial charge is 0.481 e. The van der Waals surface area contributed by atoms with E-state index in [-0.39, 0.29) is 19.3 Å². The van der Waals surface area contributed by atoms with Crippen molar-refractivity contribution < 1.29 is 19.4 Å². The van der Waals surface area contributed by atoms with E-state index in [1.165, 1.54) is 0 Å². The predicted octanol–water partition coefficient (Wildman–Crippen LogP) is 2.10. The summed E-state index contributed by atoms with van der Waals surface area (Å²) in [6.45, 7) is 4.79. The lowest BCUT2D eigenvalue weighted by molar-refractivity contribution is -0.136. The number of hydrogen-bond donors (Lipinski definition) is 1. The van der Waals surface area contributed by atoms with Gasteiger partial charge in [-0.3, -0.25) is 4.79 Å². The molecule has 18 heavy (non-hydrogen) atoms. The van der Waals surface area contributed by atoms with Crippen molar-refractivity contribution in [3.05, 3.63) is 18.2 Å². The van der Waals surface area contributed by atoms with Gasteiger partial charge in [-0.1, -0.05) is 0 Å². The minimum atomic E-state index is -0.790. The van der Waals surface area contributed by atoms with Crippen LogP contribution in [-0.4, -0.2) is 30.5 Å². The van der Waals surface area contributed by atoms with Crippen LogP contribution < -0.4 is 14.4 Å². The average Bonchev–Trinajstić information content (AvgIpc) is 2.75. The van der Waals surface area contributed by atoms with E-state index < -0.39 is 5.97 Å². The molecule has 5 heteroatoms. The van der Waals surface area contributed by atoms with Gasteiger partial charge in [-0.15, -0.1) is 0 Å². The summed E-state index contributed by atoms with van der Waals surface area (Å²) >= 11 is 0. The van der Waals surface area contributed by atoms with E-state index in [1.807, 2.05) is 36.9 Å². The smallest absolute Gasteiger partial charge is 0.305 e. The summed E-state index contributed by atoms with van der Waals surface area (Å²) in [5, 5.41) is 8.77. The van der Waals surface area contributed by atoms with Crippen molar-refractivity contribution in [3.8, 4) is 11.5 Å². The summed E-state index contributed by atoms with van der Waals surface area (Å²) in [7, 11) is 0. The molecule has 0 amide bonds. The molecule has 1 aromatic rings. The van der Waals surface area contributed by atoms with Gasteiger partial charge in [0.2, 0.25) is 6.79 Å². The highest BCUT2D eigenvalue weighted by Gasteiger charge is 2.18. The van der Waals surface area contributed by atoms with Crippen molar-refractivity contribution in [2.24, 2.45) is 0 Å². The molecule has 1 N–H and O–H groups in total. The van der Waals surface area contributed by atoms with E-state index in [9.17, 15) is 4.79 Å². The number of benzene rings is 1. The zero-order chi connectivity index (χ0) is 13.1. The van der Waals surface area contributed by atoms with Crippen LogP contribution in [0.25, 0.3) is 0 Å². The Morgan fingerprint density at radius 2 is 2.11 bits per heavy atom. The number of aliphatic carboxylic acids is 1. The highest BCUT2D eigenvalue weighted by Crippen LogP contribution is 2.35. The maximum atomic E-state index is 10.7. The molecule has 0 fully saturated rings. The number of hydrogen-bond acceptors (Lipinski definition) is 4. The second-order valence-electron chi connectivity index (χ2n) is 4.47. The minimum Gasteiger partial charge on any atom is -0.481 e. The van der Waals surface area contributed by atoms with E-state index in [4.69, 9.17) is 14.6 Å². The summed E-state index contributed by atoms with van der Waals surface area (Å²) in [4.78, 5) is 12.7. The van der Waals surface area contributed by atoms with Gasteiger partial charge in [0.25, 0.3) is 0 Å². The summed E-state index contributed by atoms with van der Waals surface area (Å²) in [6, 6.07) is 5.90. The maximum Gasteiger partial charge on any atom is 0.305 e. The number of carboxylic acids is 1. The Hall–Kier alpha value is -1.91. The van der Waals surface area contributed by atoms with E-state index in [1.54, 1.807) is 0 Å². The lowest BCUT2D eigenvalue weighted by Gasteiger charge is -2.28. The number of rotatable bonds is 5. The fourth-order valence-electron chi connectivity index (χ4n) is 1.97. The van der Waals surface area contributed by atoms with Gasteiger partial charge in [-0.05, 0) is 26.0 Å². The molecule has 0 aromatic heterocycles. The van der Waals surface area contributed by atoms with E-state index in [0.29, 0.717) is 12.3 Å². The first kappa shape index (κ1) is 12.5. The van der Waals surface area contributed by atoms with Crippen LogP contribution in [-0.2, 0) is 4.79 Å². The highest BCUT2D eigenvalue weighted by molar-refractivity contribution is 5.68. The zero-order valence-electron chi connectivity index (χ0n) is 10.5. The number of carboxylic acid groups (broad SMARTS) is 1. The van der Waals surface area contributed by atoms with Crippen LogP contribution in [0, 0.1) is 0 Å². The van der Waals surface area contributed by atoms with Crippen LogP contribution in [0.15, 0.2) is 18.2 Å². The summed E-state index contributed by atoms with van der Waals surface area (Å²) in [5.74, 6) is 0.663. The summed E-state index contributed by atoms with van der Waals surface area (Å²) in [6.07, 6.45) is 0.118. The molecule has 0 saturated carbocycles. The topological polar surface area (TPSA) is 59.0 Å². The fourth-order valence-corrected chi connectivity index (χ4v) is 1.97. The number of ether oxygens (including phenoxy) is 2. The van der Waals surface area contributed by atoms with Crippen molar-refractivity contribution in [2.75, 3.05) is 18.2 Å². The van der Waals surface area contributed by atoms with Gasteiger partial charge in [0.1, 0.15) is 0 Å². The molecule has 0 saturated heterocycles. The molecule has 0 unspecified atom stereocenters. The van der Waals surface area contributed by atoms with Gasteiger partial charge in [0.15, 0.2) is 11.5 Å². The zero-order valence-corrected chi connectivity index (χ0v) is 10.5. The number of fused-ring (bicyclic) bond motifs is 1. The Morgan fingerprint density at radius 3 is 2.78 bits per heavy atom. The minimum absolute atomic E-state index is 0.118. The van der Waals surface area contributed by atoms with Gasteiger partial charge in [-0.2, -0.15) is 0 Å². The highest BCUT2D eigenvalue weighted by atomic mass is 16.7. The summed E-state index contributed by atoms with van der Waals surface area (Å²) < 4.78 is 10.6. The maximum absolute atomic E-state index is 10.7. The van der Waals surface area contributed by atoms with Crippen molar-refractivity contribution in [1.29, 1.82) is 0 Å². The van der Waals surface area contributed by atoms with Crippen LogP contribution in [0.2, 0.25) is 0 Å². The van der Waals surface area contributed by atoms with Gasteiger partial charge in [0, 0.05) is 24.3 Å². The van der Waals surface area contributed by atoms with Crippen LogP contribution >= 0.6 is 0 Å². The molecule has 1 aliphatic heterocycles. The lowest BCUT2D eigenvalue weighted by Crippen LogP contribution is -2.32. The molecular weight excluding hydrogens is 234 g/mol. The number of carbonyl (C=O) groups is 1.